The van der Waals surface area contributed by atoms with Gasteiger partial charge in [0.05, 0.1) is 31.7 Å². The number of carbonyl (C=O) groups is 1. The number of hydrogen-bond donors (Lipinski definition) is 1. The van der Waals surface area contributed by atoms with Crippen molar-refractivity contribution in [3.05, 3.63) is 18.2 Å². The van der Waals surface area contributed by atoms with E-state index < -0.39 is 0 Å². The molecule has 0 amide bonds. The summed E-state index contributed by atoms with van der Waals surface area (Å²) in [6.45, 7) is 3.32. The van der Waals surface area contributed by atoms with Crippen molar-refractivity contribution in [3.8, 4) is 5.75 Å². The van der Waals surface area contributed by atoms with E-state index in [1.807, 2.05) is 29.8 Å². The molecule has 20 heavy (non-hydrogen) atoms. The largest absolute Gasteiger partial charge is 0.497 e. The maximum atomic E-state index is 11.8. The van der Waals surface area contributed by atoms with Gasteiger partial charge in [-0.05, 0) is 25.1 Å². The van der Waals surface area contributed by atoms with Crippen LogP contribution >= 0.6 is 0 Å². The highest BCUT2D eigenvalue weighted by Gasteiger charge is 2.27. The van der Waals surface area contributed by atoms with Crippen molar-refractivity contribution in [2.45, 2.75) is 13.5 Å². The van der Waals surface area contributed by atoms with Gasteiger partial charge < -0.3 is 14.8 Å². The number of rotatable bonds is 3. The minimum absolute atomic E-state index is 0.178. The van der Waals surface area contributed by atoms with Crippen LogP contribution in [0.1, 0.15) is 6.92 Å². The molecular weight excluding hydrogens is 258 g/mol. The van der Waals surface area contributed by atoms with E-state index in [0.29, 0.717) is 19.7 Å². The highest BCUT2D eigenvalue weighted by Crippen LogP contribution is 2.30. The van der Waals surface area contributed by atoms with E-state index in [-0.39, 0.29) is 11.9 Å². The quantitative estimate of drug-likeness (QED) is 0.863. The van der Waals surface area contributed by atoms with Crippen molar-refractivity contribution in [2.24, 2.45) is 5.92 Å². The van der Waals surface area contributed by atoms with Crippen LogP contribution in [0.25, 0.3) is 10.9 Å². The Kier molecular flexibility index (Phi) is 3.22. The molecular formula is C14H17N3O3. The monoisotopic (exact) mass is 275 g/mol. The van der Waals surface area contributed by atoms with Crippen LogP contribution in [-0.2, 0) is 16.1 Å². The molecule has 2 aromatic rings. The van der Waals surface area contributed by atoms with Gasteiger partial charge >= 0.3 is 5.97 Å². The van der Waals surface area contributed by atoms with E-state index in [2.05, 4.69) is 10.4 Å². The van der Waals surface area contributed by atoms with E-state index in [9.17, 15) is 4.79 Å². The number of carbonyl (C=O) groups excluding carboxylic acids is 1. The van der Waals surface area contributed by atoms with Crippen LogP contribution in [0, 0.1) is 5.92 Å². The number of esters is 1. The van der Waals surface area contributed by atoms with Gasteiger partial charge in [-0.15, -0.1) is 0 Å². The maximum Gasteiger partial charge on any atom is 0.312 e. The van der Waals surface area contributed by atoms with Crippen molar-refractivity contribution in [1.29, 1.82) is 0 Å². The molecule has 0 saturated carbocycles. The van der Waals surface area contributed by atoms with Crippen LogP contribution in [0.4, 0.5) is 5.82 Å². The molecule has 0 fully saturated rings. The molecule has 0 radical (unpaired) electrons. The van der Waals surface area contributed by atoms with Crippen LogP contribution in [0.15, 0.2) is 18.2 Å². The molecule has 0 bridgehead atoms. The van der Waals surface area contributed by atoms with Crippen LogP contribution in [-0.4, -0.2) is 36.0 Å². The topological polar surface area (TPSA) is 65.4 Å². The molecule has 1 aromatic heterocycles. The number of anilines is 1. The van der Waals surface area contributed by atoms with Crippen LogP contribution in [0.5, 0.6) is 5.75 Å². The molecule has 6 nitrogen and oxygen atoms in total. The smallest absolute Gasteiger partial charge is 0.312 e. The van der Waals surface area contributed by atoms with Gasteiger partial charge in [0, 0.05) is 11.9 Å². The van der Waals surface area contributed by atoms with Gasteiger partial charge in [-0.1, -0.05) is 0 Å². The summed E-state index contributed by atoms with van der Waals surface area (Å²) in [7, 11) is 1.64. The molecule has 3 rings (SSSR count). The first-order valence-electron chi connectivity index (χ1n) is 6.68. The number of aromatic nitrogens is 2. The zero-order valence-corrected chi connectivity index (χ0v) is 11.5. The predicted molar refractivity (Wildman–Crippen MR) is 74.9 cm³/mol. The van der Waals surface area contributed by atoms with Gasteiger partial charge in [0.15, 0.2) is 0 Å². The molecule has 1 N–H and O–H groups in total. The minimum Gasteiger partial charge on any atom is -0.497 e. The van der Waals surface area contributed by atoms with Crippen LogP contribution in [0.2, 0.25) is 0 Å². The zero-order valence-electron chi connectivity index (χ0n) is 11.5. The Balaban J connectivity index is 1.93. The lowest BCUT2D eigenvalue weighted by molar-refractivity contribution is -0.148. The number of benzene rings is 1. The second kappa shape index (κ2) is 5.03. The molecule has 2 heterocycles. The Morgan fingerprint density at radius 1 is 1.55 bits per heavy atom. The first-order chi connectivity index (χ1) is 9.72. The minimum atomic E-state index is -0.196. The fraction of sp³-hybridized carbons (Fsp3) is 0.429. The Bertz CT molecular complexity index is 650. The van der Waals surface area contributed by atoms with Gasteiger partial charge in [0.2, 0.25) is 0 Å². The van der Waals surface area contributed by atoms with Crippen LogP contribution in [0.3, 0.4) is 0 Å². The van der Waals surface area contributed by atoms with E-state index in [0.717, 1.165) is 22.5 Å². The second-order valence-corrected chi connectivity index (χ2v) is 4.74. The summed E-state index contributed by atoms with van der Waals surface area (Å²) in [5, 5.41) is 8.79. The number of nitrogens with zero attached hydrogens (tertiary/aromatic N) is 2. The molecule has 1 unspecified atom stereocenters. The standard InChI is InChI=1S/C14H17N3O3/c1-3-20-14(18)9-7-15-13-11-6-10(19-2)4-5-12(11)16-17(13)8-9/h4-6,9,15H,3,7-8H2,1-2H3. The Morgan fingerprint density at radius 2 is 2.40 bits per heavy atom. The molecule has 0 saturated heterocycles. The fourth-order valence-corrected chi connectivity index (χ4v) is 2.47. The van der Waals surface area contributed by atoms with Crippen molar-refractivity contribution in [3.63, 3.8) is 0 Å². The maximum absolute atomic E-state index is 11.8. The molecule has 1 atom stereocenters. The lowest BCUT2D eigenvalue weighted by atomic mass is 10.1. The summed E-state index contributed by atoms with van der Waals surface area (Å²) in [4.78, 5) is 11.8. The van der Waals surface area contributed by atoms with Gasteiger partial charge in [-0.2, -0.15) is 5.10 Å². The second-order valence-electron chi connectivity index (χ2n) is 4.74. The van der Waals surface area contributed by atoms with Crippen molar-refractivity contribution >= 4 is 22.7 Å². The van der Waals surface area contributed by atoms with Crippen molar-refractivity contribution < 1.29 is 14.3 Å². The average Bonchev–Trinajstić information content (AvgIpc) is 2.84. The predicted octanol–water partition coefficient (Wildman–Crippen LogP) is 1.65. The number of nitrogens with one attached hydrogen (secondary N) is 1. The molecule has 0 aliphatic carbocycles. The summed E-state index contributed by atoms with van der Waals surface area (Å²) < 4.78 is 12.1. The summed E-state index contributed by atoms with van der Waals surface area (Å²) in [5.74, 6) is 1.35. The normalized spacial score (nSPS) is 17.4. The van der Waals surface area contributed by atoms with Gasteiger partial charge in [-0.3, -0.25) is 4.79 Å². The van der Waals surface area contributed by atoms with Crippen molar-refractivity contribution in [2.75, 3.05) is 25.6 Å². The Labute approximate surface area is 116 Å². The third-order valence-electron chi connectivity index (χ3n) is 3.47. The fourth-order valence-electron chi connectivity index (χ4n) is 2.47. The summed E-state index contributed by atoms with van der Waals surface area (Å²) in [6.07, 6.45) is 0. The molecule has 1 aliphatic rings. The average molecular weight is 275 g/mol. The lowest BCUT2D eigenvalue weighted by Gasteiger charge is -2.23. The SMILES string of the molecule is CCOC(=O)C1CNc2c3cc(OC)ccc3nn2C1. The summed E-state index contributed by atoms with van der Waals surface area (Å²) in [6, 6.07) is 5.75. The Morgan fingerprint density at radius 3 is 3.15 bits per heavy atom. The van der Waals surface area contributed by atoms with Crippen LogP contribution < -0.4 is 10.1 Å². The summed E-state index contributed by atoms with van der Waals surface area (Å²) in [5.41, 5.74) is 0.887. The van der Waals surface area contributed by atoms with E-state index >= 15 is 0 Å². The highest BCUT2D eigenvalue weighted by molar-refractivity contribution is 5.92. The van der Waals surface area contributed by atoms with E-state index in [1.165, 1.54) is 0 Å². The first kappa shape index (κ1) is 12.8. The number of methoxy groups -OCH3 is 1. The van der Waals surface area contributed by atoms with E-state index in [4.69, 9.17) is 9.47 Å². The molecule has 6 heteroatoms. The van der Waals surface area contributed by atoms with E-state index in [1.54, 1.807) is 7.11 Å². The molecule has 1 aliphatic heterocycles. The zero-order chi connectivity index (χ0) is 14.1. The van der Waals surface area contributed by atoms with Crippen molar-refractivity contribution in [1.82, 2.24) is 9.78 Å². The number of ether oxygens (including phenoxy) is 2. The third kappa shape index (κ3) is 2.07. The molecule has 1 aromatic carbocycles. The molecule has 106 valence electrons. The van der Waals surface area contributed by atoms with Gasteiger partial charge in [-0.25, -0.2) is 4.68 Å². The Hall–Kier alpha value is -2.24. The van der Waals surface area contributed by atoms with Gasteiger partial charge in [0.25, 0.3) is 0 Å². The lowest BCUT2D eigenvalue weighted by Crippen LogP contribution is -2.34. The number of hydrogen-bond acceptors (Lipinski definition) is 5. The first-order valence-corrected chi connectivity index (χ1v) is 6.68. The number of fused-ring (bicyclic) bond motifs is 3. The molecule has 0 spiro atoms. The third-order valence-corrected chi connectivity index (χ3v) is 3.47. The summed E-state index contributed by atoms with van der Waals surface area (Å²) >= 11 is 0. The highest BCUT2D eigenvalue weighted by atomic mass is 16.5. The van der Waals surface area contributed by atoms with Gasteiger partial charge in [0.1, 0.15) is 11.6 Å².